The Labute approximate surface area is 100 Å². The summed E-state index contributed by atoms with van der Waals surface area (Å²) in [6.45, 7) is 4.34. The second kappa shape index (κ2) is 6.10. The van der Waals surface area contributed by atoms with Crippen molar-refractivity contribution >= 4 is 34.4 Å². The van der Waals surface area contributed by atoms with Crippen LogP contribution in [0.1, 0.15) is 24.4 Å². The number of thiazole rings is 1. The average Bonchev–Trinajstić information content (AvgIpc) is 2.74. The van der Waals surface area contributed by atoms with Crippen LogP contribution in [-0.2, 0) is 12.8 Å². The van der Waals surface area contributed by atoms with Crippen LogP contribution < -0.4 is 5.14 Å². The fourth-order valence-electron chi connectivity index (χ4n) is 1.49. The molecule has 0 bridgehead atoms. The summed E-state index contributed by atoms with van der Waals surface area (Å²) in [5.41, 5.74) is 2.58. The van der Waals surface area contributed by atoms with Crippen LogP contribution in [0, 0.1) is 0 Å². The summed E-state index contributed by atoms with van der Waals surface area (Å²) in [6.07, 6.45) is 2.12. The summed E-state index contributed by atoms with van der Waals surface area (Å²) < 4.78 is 1.33. The SMILES string of the molecule is CCc1nc2c(CC)cccc2s1.NS. The highest BCUT2D eigenvalue weighted by Gasteiger charge is 2.04. The van der Waals surface area contributed by atoms with E-state index in [1.807, 2.05) is 11.3 Å². The summed E-state index contributed by atoms with van der Waals surface area (Å²) in [5, 5.41) is 5.44. The van der Waals surface area contributed by atoms with E-state index in [0.29, 0.717) is 0 Å². The topological polar surface area (TPSA) is 38.9 Å². The highest BCUT2D eigenvalue weighted by atomic mass is 32.1. The monoisotopic (exact) mass is 240 g/mol. The van der Waals surface area contributed by atoms with Crippen molar-refractivity contribution in [2.24, 2.45) is 5.14 Å². The molecule has 0 saturated heterocycles. The molecule has 2 nitrogen and oxygen atoms in total. The first-order chi connectivity index (χ1) is 7.35. The second-order valence-corrected chi connectivity index (χ2v) is 4.19. The third-order valence-corrected chi connectivity index (χ3v) is 3.40. The van der Waals surface area contributed by atoms with Gasteiger partial charge < -0.3 is 0 Å². The molecule has 0 spiro atoms. The molecule has 15 heavy (non-hydrogen) atoms. The lowest BCUT2D eigenvalue weighted by Crippen LogP contribution is -1.82. The van der Waals surface area contributed by atoms with Gasteiger partial charge in [-0.1, -0.05) is 26.0 Å². The number of rotatable bonds is 2. The minimum absolute atomic E-state index is 1.04. The Morgan fingerprint density at radius 2 is 2.00 bits per heavy atom. The number of thiol groups is 1. The zero-order valence-corrected chi connectivity index (χ0v) is 10.7. The van der Waals surface area contributed by atoms with Gasteiger partial charge in [-0.05, 0) is 24.5 Å². The third-order valence-electron chi connectivity index (χ3n) is 2.23. The number of hydrogen-bond acceptors (Lipinski definition) is 4. The van der Waals surface area contributed by atoms with Gasteiger partial charge in [-0.25, -0.2) is 4.98 Å². The number of fused-ring (bicyclic) bond motifs is 1. The zero-order valence-electron chi connectivity index (χ0n) is 9.03. The van der Waals surface area contributed by atoms with Crippen LogP contribution in [0.5, 0.6) is 0 Å². The first-order valence-corrected chi connectivity index (χ1v) is 6.31. The van der Waals surface area contributed by atoms with Crippen molar-refractivity contribution in [2.75, 3.05) is 0 Å². The lowest BCUT2D eigenvalue weighted by molar-refractivity contribution is 1.09. The van der Waals surface area contributed by atoms with Gasteiger partial charge in [0, 0.05) is 0 Å². The van der Waals surface area contributed by atoms with E-state index in [1.165, 1.54) is 20.8 Å². The Balaban J connectivity index is 0.000000531. The van der Waals surface area contributed by atoms with E-state index < -0.39 is 0 Å². The Bertz CT molecular complexity index is 423. The Morgan fingerprint density at radius 3 is 2.60 bits per heavy atom. The molecule has 2 rings (SSSR count). The molecule has 0 fully saturated rings. The van der Waals surface area contributed by atoms with Gasteiger partial charge in [0.25, 0.3) is 0 Å². The van der Waals surface area contributed by atoms with Crippen molar-refractivity contribution in [3.05, 3.63) is 28.8 Å². The summed E-state index contributed by atoms with van der Waals surface area (Å²) in [4.78, 5) is 4.62. The molecule has 1 heterocycles. The number of aryl methyl sites for hydroxylation is 2. The molecule has 82 valence electrons. The average molecular weight is 240 g/mol. The van der Waals surface area contributed by atoms with E-state index in [0.717, 1.165) is 12.8 Å². The number of benzene rings is 1. The van der Waals surface area contributed by atoms with Crippen LogP contribution in [0.25, 0.3) is 10.2 Å². The predicted molar refractivity (Wildman–Crippen MR) is 71.5 cm³/mol. The third kappa shape index (κ3) is 2.71. The lowest BCUT2D eigenvalue weighted by Gasteiger charge is -1.95. The van der Waals surface area contributed by atoms with Crippen LogP contribution >= 0.6 is 24.2 Å². The molecule has 4 heteroatoms. The molecule has 2 N–H and O–H groups in total. The minimum Gasteiger partial charge on any atom is -0.281 e. The van der Waals surface area contributed by atoms with Crippen LogP contribution in [0.2, 0.25) is 0 Å². The first-order valence-electron chi connectivity index (χ1n) is 4.98. The molecule has 0 unspecified atom stereocenters. The minimum atomic E-state index is 1.04. The van der Waals surface area contributed by atoms with Crippen molar-refractivity contribution < 1.29 is 0 Å². The van der Waals surface area contributed by atoms with Crippen LogP contribution in [0.4, 0.5) is 0 Å². The normalized spacial score (nSPS) is 9.87. The van der Waals surface area contributed by atoms with E-state index in [1.54, 1.807) is 0 Å². The first kappa shape index (κ1) is 12.5. The second-order valence-electron chi connectivity index (χ2n) is 3.08. The van der Waals surface area contributed by atoms with E-state index in [9.17, 15) is 0 Å². The highest BCUT2D eigenvalue weighted by molar-refractivity contribution is 7.77. The summed E-state index contributed by atoms with van der Waals surface area (Å²) >= 11 is 4.84. The molecule has 0 amide bonds. The van der Waals surface area contributed by atoms with Crippen molar-refractivity contribution in [3.8, 4) is 0 Å². The molecule has 0 atom stereocenters. The van der Waals surface area contributed by atoms with E-state index in [2.05, 4.69) is 55.0 Å². The molecule has 1 aromatic carbocycles. The molecule has 0 saturated carbocycles. The van der Waals surface area contributed by atoms with Gasteiger partial charge in [0.05, 0.1) is 15.2 Å². The van der Waals surface area contributed by atoms with Crippen LogP contribution in [-0.4, -0.2) is 4.98 Å². The van der Waals surface area contributed by atoms with Gasteiger partial charge in [0.1, 0.15) is 0 Å². The van der Waals surface area contributed by atoms with Gasteiger partial charge in [0.15, 0.2) is 0 Å². The van der Waals surface area contributed by atoms with Gasteiger partial charge in [-0.2, -0.15) is 0 Å². The van der Waals surface area contributed by atoms with E-state index in [-0.39, 0.29) is 0 Å². The standard InChI is InChI=1S/C11H13NS.H3NS/c1-3-8-6-5-7-9-11(8)12-10(4-2)13-9;1-2/h5-7H,3-4H2,1-2H3;2H,1H2. The maximum absolute atomic E-state index is 4.62. The molecule has 2 aromatic rings. The lowest BCUT2D eigenvalue weighted by atomic mass is 10.1. The predicted octanol–water partition coefficient (Wildman–Crippen LogP) is 3.21. The van der Waals surface area contributed by atoms with Crippen molar-refractivity contribution in [1.82, 2.24) is 4.98 Å². The van der Waals surface area contributed by atoms with E-state index in [4.69, 9.17) is 0 Å². The van der Waals surface area contributed by atoms with Crippen molar-refractivity contribution in [2.45, 2.75) is 26.7 Å². The molecular formula is C11H16N2S2. The van der Waals surface area contributed by atoms with Crippen molar-refractivity contribution in [3.63, 3.8) is 0 Å². The number of nitrogens with two attached hydrogens (primary N) is 1. The van der Waals surface area contributed by atoms with E-state index >= 15 is 0 Å². The fraction of sp³-hybridized carbons (Fsp3) is 0.364. The maximum Gasteiger partial charge on any atom is 0.0935 e. The highest BCUT2D eigenvalue weighted by Crippen LogP contribution is 2.25. The number of para-hydroxylation sites is 1. The summed E-state index contributed by atoms with van der Waals surface area (Å²) in [7, 11) is 0. The van der Waals surface area contributed by atoms with Crippen LogP contribution in [0.15, 0.2) is 18.2 Å². The summed E-state index contributed by atoms with van der Waals surface area (Å²) in [5.74, 6) is 0. The smallest absolute Gasteiger partial charge is 0.0935 e. The van der Waals surface area contributed by atoms with Crippen LogP contribution in [0.3, 0.4) is 0 Å². The molecular weight excluding hydrogens is 224 g/mol. The zero-order chi connectivity index (χ0) is 11.3. The van der Waals surface area contributed by atoms with Crippen molar-refractivity contribution in [1.29, 1.82) is 0 Å². The number of aromatic nitrogens is 1. The Hall–Kier alpha value is -0.580. The fourth-order valence-corrected chi connectivity index (χ4v) is 2.44. The van der Waals surface area contributed by atoms with Gasteiger partial charge in [-0.3, -0.25) is 5.14 Å². The van der Waals surface area contributed by atoms with Gasteiger partial charge in [0.2, 0.25) is 0 Å². The van der Waals surface area contributed by atoms with Gasteiger partial charge in [-0.15, -0.1) is 24.2 Å². The largest absolute Gasteiger partial charge is 0.281 e. The number of hydrogen-bond donors (Lipinski definition) is 2. The number of nitrogens with zero attached hydrogens (tertiary/aromatic N) is 1. The Kier molecular flexibility index (Phi) is 5.08. The molecule has 1 aromatic heterocycles. The molecule has 0 aliphatic heterocycles. The Morgan fingerprint density at radius 1 is 1.27 bits per heavy atom. The molecule has 0 aliphatic rings. The quantitative estimate of drug-likeness (QED) is 0.791. The maximum atomic E-state index is 4.62. The molecule has 0 aliphatic carbocycles. The van der Waals surface area contributed by atoms with Gasteiger partial charge >= 0.3 is 0 Å². The molecule has 0 radical (unpaired) electrons. The summed E-state index contributed by atoms with van der Waals surface area (Å²) in [6, 6.07) is 6.45.